The van der Waals surface area contributed by atoms with Crippen molar-refractivity contribution >= 4 is 5.91 Å². The molecule has 0 aromatic heterocycles. The highest BCUT2D eigenvalue weighted by Crippen LogP contribution is 2.27. The number of carbonyl (C=O) groups excluding carboxylic acids is 1. The van der Waals surface area contributed by atoms with Gasteiger partial charge in [-0.05, 0) is 18.9 Å². The average Bonchev–Trinajstić information content (AvgIpc) is 2.87. The number of likely N-dealkylation sites (tertiary alicyclic amines) is 1. The van der Waals surface area contributed by atoms with Gasteiger partial charge in [-0.1, -0.05) is 30.3 Å². The van der Waals surface area contributed by atoms with Gasteiger partial charge in [0.15, 0.2) is 0 Å². The minimum absolute atomic E-state index is 0.103. The zero-order chi connectivity index (χ0) is 12.3. The third-order valence-electron chi connectivity index (χ3n) is 3.47. The van der Waals surface area contributed by atoms with E-state index in [4.69, 9.17) is 4.74 Å². The van der Waals surface area contributed by atoms with Crippen molar-refractivity contribution in [1.82, 2.24) is 4.90 Å². The van der Waals surface area contributed by atoms with E-state index in [2.05, 4.69) is 24.3 Å². The van der Waals surface area contributed by atoms with Crippen molar-refractivity contribution in [2.24, 2.45) is 0 Å². The van der Waals surface area contributed by atoms with Crippen LogP contribution in [-0.2, 0) is 9.53 Å². The number of nitrogens with zero attached hydrogens (tertiary/aromatic N) is 1. The monoisotopic (exact) mass is 233 g/mol. The molecule has 1 fully saturated rings. The van der Waals surface area contributed by atoms with Crippen molar-refractivity contribution in [3.05, 3.63) is 35.9 Å². The molecule has 17 heavy (non-hydrogen) atoms. The molecule has 0 aliphatic carbocycles. The summed E-state index contributed by atoms with van der Waals surface area (Å²) in [5.41, 5.74) is 1.33. The second-order valence-corrected chi connectivity index (χ2v) is 4.56. The van der Waals surface area contributed by atoms with Crippen molar-refractivity contribution < 1.29 is 9.53 Å². The molecule has 0 N–H and O–H groups in total. The van der Waals surface area contributed by atoms with Gasteiger partial charge < -0.3 is 9.64 Å². The minimum Gasteiger partial charge on any atom is -0.372 e. The summed E-state index contributed by atoms with van der Waals surface area (Å²) in [6, 6.07) is 10.4. The van der Waals surface area contributed by atoms with Crippen molar-refractivity contribution in [2.75, 3.05) is 20.2 Å². The highest BCUT2D eigenvalue weighted by Gasteiger charge is 2.29. The fourth-order valence-corrected chi connectivity index (χ4v) is 2.32. The largest absolute Gasteiger partial charge is 0.372 e. The standard InChI is InChI=1S/C14H19NO2/c1-11(17-2)14(16)15-9-8-13(10-15)12-6-4-3-5-7-12/h3-7,11,13H,8-10H2,1-2H3. The van der Waals surface area contributed by atoms with E-state index in [9.17, 15) is 4.79 Å². The molecule has 1 heterocycles. The molecule has 0 saturated carbocycles. The Labute approximate surface area is 102 Å². The zero-order valence-corrected chi connectivity index (χ0v) is 10.4. The van der Waals surface area contributed by atoms with Gasteiger partial charge in [0.2, 0.25) is 0 Å². The Morgan fingerprint density at radius 1 is 1.41 bits per heavy atom. The van der Waals surface area contributed by atoms with Crippen molar-refractivity contribution in [2.45, 2.75) is 25.4 Å². The molecule has 0 bridgehead atoms. The van der Waals surface area contributed by atoms with Crippen molar-refractivity contribution in [3.8, 4) is 0 Å². The van der Waals surface area contributed by atoms with Crippen LogP contribution in [0.25, 0.3) is 0 Å². The number of methoxy groups -OCH3 is 1. The topological polar surface area (TPSA) is 29.5 Å². The van der Waals surface area contributed by atoms with Gasteiger partial charge in [0.1, 0.15) is 6.10 Å². The van der Waals surface area contributed by atoms with Gasteiger partial charge >= 0.3 is 0 Å². The molecule has 2 atom stereocenters. The van der Waals surface area contributed by atoms with Crippen LogP contribution >= 0.6 is 0 Å². The second-order valence-electron chi connectivity index (χ2n) is 4.56. The fourth-order valence-electron chi connectivity index (χ4n) is 2.32. The third-order valence-corrected chi connectivity index (χ3v) is 3.47. The molecule has 2 rings (SSSR count). The predicted molar refractivity (Wildman–Crippen MR) is 66.9 cm³/mol. The Morgan fingerprint density at radius 2 is 2.12 bits per heavy atom. The van der Waals surface area contributed by atoms with Crippen molar-refractivity contribution in [3.63, 3.8) is 0 Å². The molecule has 1 saturated heterocycles. The molecule has 0 spiro atoms. The lowest BCUT2D eigenvalue weighted by atomic mass is 9.99. The first-order valence-electron chi connectivity index (χ1n) is 6.09. The van der Waals surface area contributed by atoms with Gasteiger partial charge in [0.05, 0.1) is 0 Å². The van der Waals surface area contributed by atoms with Crippen LogP contribution < -0.4 is 0 Å². The molecule has 2 unspecified atom stereocenters. The van der Waals surface area contributed by atoms with E-state index in [0.717, 1.165) is 19.5 Å². The lowest BCUT2D eigenvalue weighted by Gasteiger charge is -2.20. The van der Waals surface area contributed by atoms with E-state index in [1.54, 1.807) is 14.0 Å². The van der Waals surface area contributed by atoms with Crippen LogP contribution in [0.3, 0.4) is 0 Å². The highest BCUT2D eigenvalue weighted by atomic mass is 16.5. The van der Waals surface area contributed by atoms with Crippen LogP contribution in [0.15, 0.2) is 30.3 Å². The maximum absolute atomic E-state index is 12.0. The Hall–Kier alpha value is -1.35. The molecule has 1 aliphatic heterocycles. The molecule has 1 aliphatic rings. The number of hydrogen-bond acceptors (Lipinski definition) is 2. The van der Waals surface area contributed by atoms with E-state index in [-0.39, 0.29) is 12.0 Å². The lowest BCUT2D eigenvalue weighted by Crippen LogP contribution is -2.36. The number of hydrogen-bond donors (Lipinski definition) is 0. The van der Waals surface area contributed by atoms with Gasteiger partial charge in [-0.15, -0.1) is 0 Å². The first kappa shape index (κ1) is 12.1. The summed E-state index contributed by atoms with van der Waals surface area (Å²) in [5, 5.41) is 0. The van der Waals surface area contributed by atoms with Gasteiger partial charge in [0.25, 0.3) is 5.91 Å². The van der Waals surface area contributed by atoms with Crippen LogP contribution in [0.4, 0.5) is 0 Å². The van der Waals surface area contributed by atoms with Crippen LogP contribution in [-0.4, -0.2) is 37.1 Å². The molecule has 3 heteroatoms. The van der Waals surface area contributed by atoms with Crippen LogP contribution in [0.2, 0.25) is 0 Å². The summed E-state index contributed by atoms with van der Waals surface area (Å²) in [5.74, 6) is 0.579. The van der Waals surface area contributed by atoms with Gasteiger partial charge in [0, 0.05) is 26.1 Å². The molecule has 1 amide bonds. The van der Waals surface area contributed by atoms with Gasteiger partial charge in [-0.25, -0.2) is 0 Å². The Balaban J connectivity index is 1.98. The number of amides is 1. The summed E-state index contributed by atoms with van der Waals surface area (Å²) >= 11 is 0. The van der Waals surface area contributed by atoms with Crippen LogP contribution in [0, 0.1) is 0 Å². The maximum atomic E-state index is 12.0. The fraction of sp³-hybridized carbons (Fsp3) is 0.500. The number of benzene rings is 1. The SMILES string of the molecule is COC(C)C(=O)N1CCC(c2ccccc2)C1. The van der Waals surface area contributed by atoms with E-state index in [1.807, 2.05) is 11.0 Å². The molecule has 1 aromatic rings. The summed E-state index contributed by atoms with van der Waals surface area (Å²) in [6.45, 7) is 3.46. The van der Waals surface area contributed by atoms with Gasteiger partial charge in [-0.3, -0.25) is 4.79 Å². The van der Waals surface area contributed by atoms with E-state index < -0.39 is 0 Å². The quantitative estimate of drug-likeness (QED) is 0.799. The molecule has 1 aromatic carbocycles. The van der Waals surface area contributed by atoms with Crippen LogP contribution in [0.5, 0.6) is 0 Å². The number of rotatable bonds is 3. The third kappa shape index (κ3) is 2.67. The maximum Gasteiger partial charge on any atom is 0.251 e. The normalized spacial score (nSPS) is 21.5. The Morgan fingerprint density at radius 3 is 2.76 bits per heavy atom. The average molecular weight is 233 g/mol. The van der Waals surface area contributed by atoms with Crippen molar-refractivity contribution in [1.29, 1.82) is 0 Å². The Bertz CT molecular complexity index is 377. The second kappa shape index (κ2) is 5.32. The zero-order valence-electron chi connectivity index (χ0n) is 10.4. The van der Waals surface area contributed by atoms with E-state index in [0.29, 0.717) is 5.92 Å². The van der Waals surface area contributed by atoms with Gasteiger partial charge in [-0.2, -0.15) is 0 Å². The molecular formula is C14H19NO2. The van der Waals surface area contributed by atoms with Crippen LogP contribution in [0.1, 0.15) is 24.8 Å². The Kier molecular flexibility index (Phi) is 3.79. The highest BCUT2D eigenvalue weighted by molar-refractivity contribution is 5.80. The number of ether oxygens (including phenoxy) is 1. The smallest absolute Gasteiger partial charge is 0.251 e. The summed E-state index contributed by atoms with van der Waals surface area (Å²) in [4.78, 5) is 13.9. The van der Waals surface area contributed by atoms with E-state index in [1.165, 1.54) is 5.56 Å². The lowest BCUT2D eigenvalue weighted by molar-refractivity contribution is -0.139. The first-order chi connectivity index (χ1) is 8.22. The minimum atomic E-state index is -0.329. The molecular weight excluding hydrogens is 214 g/mol. The molecule has 3 nitrogen and oxygen atoms in total. The number of carbonyl (C=O) groups is 1. The summed E-state index contributed by atoms with van der Waals surface area (Å²) in [7, 11) is 1.58. The predicted octanol–water partition coefficient (Wildman–Crippen LogP) is 2.04. The molecule has 0 radical (unpaired) electrons. The summed E-state index contributed by atoms with van der Waals surface area (Å²) < 4.78 is 5.07. The first-order valence-corrected chi connectivity index (χ1v) is 6.09. The molecule has 92 valence electrons. The summed E-state index contributed by atoms with van der Waals surface area (Å²) in [6.07, 6.45) is 0.719. The van der Waals surface area contributed by atoms with E-state index >= 15 is 0 Å².